The average molecular weight is 691 g/mol. The SMILES string of the molecule is CC(=C=[N+]1C(C)(C)CCCC1(C)C)[B-](c1c(F)c(F)c(F)c(F)c1F)(c1c(F)c(F)c(F)c(F)c1F)c1c(F)c(F)c(F)c(F)c1F. The van der Waals surface area contributed by atoms with Gasteiger partial charge in [-0.15, -0.1) is 21.9 Å². The van der Waals surface area contributed by atoms with E-state index in [0.29, 0.717) is 13.3 Å². The third kappa shape index (κ3) is 5.03. The zero-order chi connectivity index (χ0) is 35.9. The Labute approximate surface area is 256 Å². The third-order valence-electron chi connectivity index (χ3n) is 8.76. The third-order valence-corrected chi connectivity index (χ3v) is 8.76. The summed E-state index contributed by atoms with van der Waals surface area (Å²) in [4.78, 5) is 0. The highest BCUT2D eigenvalue weighted by Crippen LogP contribution is 2.35. The molecule has 17 heteroatoms. The Kier molecular flexibility index (Phi) is 8.93. The van der Waals surface area contributed by atoms with Gasteiger partial charge in [-0.1, -0.05) is 6.92 Å². The van der Waals surface area contributed by atoms with E-state index in [2.05, 4.69) is 5.87 Å². The zero-order valence-corrected chi connectivity index (χ0v) is 24.8. The molecule has 3 aromatic carbocycles. The molecule has 0 radical (unpaired) electrons. The summed E-state index contributed by atoms with van der Waals surface area (Å²) in [7, 11) is 0. The van der Waals surface area contributed by atoms with Crippen LogP contribution < -0.4 is 16.4 Å². The van der Waals surface area contributed by atoms with E-state index in [4.69, 9.17) is 0 Å². The molecule has 3 aromatic rings. The number of rotatable bonds is 4. The first-order valence-electron chi connectivity index (χ1n) is 13.6. The summed E-state index contributed by atoms with van der Waals surface area (Å²) in [6, 6.07) is 0. The van der Waals surface area contributed by atoms with Crippen LogP contribution in [0.1, 0.15) is 53.9 Å². The van der Waals surface area contributed by atoms with Gasteiger partial charge in [-0.3, -0.25) is 0 Å². The first kappa shape index (κ1) is 36.0. The summed E-state index contributed by atoms with van der Waals surface area (Å²) >= 11 is 0. The van der Waals surface area contributed by atoms with E-state index in [9.17, 15) is 39.5 Å². The van der Waals surface area contributed by atoms with Crippen molar-refractivity contribution in [1.82, 2.24) is 0 Å². The number of benzene rings is 3. The topological polar surface area (TPSA) is 3.01 Å². The summed E-state index contributed by atoms with van der Waals surface area (Å²) in [5.74, 6) is -43.1. The average Bonchev–Trinajstić information content (AvgIpc) is 3.00. The molecule has 1 saturated heterocycles. The lowest BCUT2D eigenvalue weighted by Crippen LogP contribution is -2.74. The summed E-state index contributed by atoms with van der Waals surface area (Å²) in [6.07, 6.45) is -4.91. The largest absolute Gasteiger partial charge is 0.207 e. The highest BCUT2D eigenvalue weighted by atomic mass is 19.2. The summed E-state index contributed by atoms with van der Waals surface area (Å²) in [5, 5.41) is 0. The second kappa shape index (κ2) is 11.7. The fourth-order valence-corrected chi connectivity index (χ4v) is 6.66. The second-order valence-electron chi connectivity index (χ2n) is 12.4. The minimum atomic E-state index is -5.84. The molecular formula is C30H21BF15N. The molecule has 1 aliphatic heterocycles. The van der Waals surface area contributed by atoms with Gasteiger partial charge >= 0.3 is 0 Å². The van der Waals surface area contributed by atoms with Crippen LogP contribution in [0.2, 0.25) is 0 Å². The van der Waals surface area contributed by atoms with E-state index >= 15 is 26.3 Å². The van der Waals surface area contributed by atoms with E-state index in [-0.39, 0.29) is 12.8 Å². The summed E-state index contributed by atoms with van der Waals surface area (Å²) in [5.41, 5.74) is -11.8. The number of hydrogen-bond donors (Lipinski definition) is 0. The van der Waals surface area contributed by atoms with Crippen molar-refractivity contribution < 1.29 is 70.4 Å². The van der Waals surface area contributed by atoms with Gasteiger partial charge < -0.3 is 0 Å². The van der Waals surface area contributed by atoms with Crippen LogP contribution in [0.3, 0.4) is 0 Å². The van der Waals surface area contributed by atoms with E-state index < -0.39 is 126 Å². The fourth-order valence-electron chi connectivity index (χ4n) is 6.66. The molecular weight excluding hydrogens is 670 g/mol. The molecule has 1 aliphatic rings. The molecule has 1 fully saturated rings. The van der Waals surface area contributed by atoms with Crippen LogP contribution in [0.15, 0.2) is 5.47 Å². The molecule has 0 unspecified atom stereocenters. The predicted molar refractivity (Wildman–Crippen MR) is 140 cm³/mol. The van der Waals surface area contributed by atoms with Crippen LogP contribution in [0, 0.1) is 87.3 Å². The fraction of sp³-hybridized carbons (Fsp3) is 0.333. The smallest absolute Gasteiger partial charge is 0.200 e. The van der Waals surface area contributed by atoms with Crippen molar-refractivity contribution in [3.8, 4) is 0 Å². The van der Waals surface area contributed by atoms with Gasteiger partial charge in [-0.2, -0.15) is 4.58 Å². The minimum Gasteiger partial charge on any atom is -0.207 e. The van der Waals surface area contributed by atoms with Gasteiger partial charge in [-0.05, 0) is 6.42 Å². The molecule has 0 N–H and O–H groups in total. The standard InChI is InChI=1S/C30H21BF15N/c1-10(9-47-29(2,3)7-6-8-30(47,4)5)31(11-14(32)20(38)26(44)21(39)15(11)33,12-16(34)22(40)27(45)23(41)17(12)35)13-18(36)24(42)28(46)25(43)19(13)37/h6-8H2,1-5H3. The minimum absolute atomic E-state index is 0.226. The van der Waals surface area contributed by atoms with E-state index in [1.807, 2.05) is 0 Å². The molecule has 1 heterocycles. The quantitative estimate of drug-likeness (QED) is 0.0900. The number of nitrogens with zero attached hydrogens (tertiary/aromatic N) is 1. The molecule has 254 valence electrons. The molecule has 0 spiro atoms. The van der Waals surface area contributed by atoms with Crippen molar-refractivity contribution in [2.24, 2.45) is 0 Å². The van der Waals surface area contributed by atoms with Crippen LogP contribution in [-0.4, -0.2) is 27.7 Å². The predicted octanol–water partition coefficient (Wildman–Crippen LogP) is 7.15. The van der Waals surface area contributed by atoms with Gasteiger partial charge in [0.2, 0.25) is 0 Å². The van der Waals surface area contributed by atoms with Crippen molar-refractivity contribution in [3.05, 3.63) is 92.7 Å². The van der Waals surface area contributed by atoms with E-state index in [0.717, 1.165) is 4.58 Å². The maximum Gasteiger partial charge on any atom is 0.200 e. The molecule has 0 bridgehead atoms. The van der Waals surface area contributed by atoms with Crippen LogP contribution in [0.5, 0.6) is 0 Å². The van der Waals surface area contributed by atoms with Gasteiger partial charge in [0.15, 0.2) is 63.4 Å². The number of hydrogen-bond acceptors (Lipinski definition) is 0. The van der Waals surface area contributed by atoms with Crippen molar-refractivity contribution in [1.29, 1.82) is 0 Å². The first-order valence-corrected chi connectivity index (χ1v) is 13.6. The molecule has 0 aliphatic carbocycles. The molecule has 0 aromatic heterocycles. The van der Waals surface area contributed by atoms with Crippen LogP contribution in [-0.2, 0) is 0 Å². The Bertz CT molecular complexity index is 1650. The molecule has 0 atom stereocenters. The monoisotopic (exact) mass is 691 g/mol. The lowest BCUT2D eigenvalue weighted by Gasteiger charge is -2.44. The molecule has 0 saturated carbocycles. The summed E-state index contributed by atoms with van der Waals surface area (Å²) < 4.78 is 228. The van der Waals surface area contributed by atoms with Gasteiger partial charge in [0, 0.05) is 40.5 Å². The van der Waals surface area contributed by atoms with Crippen molar-refractivity contribution >= 4 is 28.4 Å². The molecule has 47 heavy (non-hydrogen) atoms. The molecule has 4 rings (SSSR count). The highest BCUT2D eigenvalue weighted by molar-refractivity contribution is 7.17. The Balaban J connectivity index is 2.61. The second-order valence-corrected chi connectivity index (χ2v) is 12.4. The Morgan fingerprint density at radius 1 is 0.447 bits per heavy atom. The van der Waals surface area contributed by atoms with Crippen molar-refractivity contribution in [2.75, 3.05) is 0 Å². The van der Waals surface area contributed by atoms with Gasteiger partial charge in [0.25, 0.3) is 0 Å². The Morgan fingerprint density at radius 3 is 0.894 bits per heavy atom. The molecule has 0 amide bonds. The van der Waals surface area contributed by atoms with Gasteiger partial charge in [-0.25, -0.2) is 65.9 Å². The van der Waals surface area contributed by atoms with Crippen LogP contribution in [0.25, 0.3) is 0 Å². The van der Waals surface area contributed by atoms with Crippen LogP contribution >= 0.6 is 0 Å². The number of piperidine rings is 1. The van der Waals surface area contributed by atoms with E-state index in [1.165, 1.54) is 27.7 Å². The number of halogens is 15. The lowest BCUT2D eigenvalue weighted by molar-refractivity contribution is -0.669. The normalized spacial score (nSPS) is 16.0. The zero-order valence-electron chi connectivity index (χ0n) is 24.8. The Hall–Kier alpha value is -3.88. The van der Waals surface area contributed by atoms with E-state index in [1.54, 1.807) is 0 Å². The maximum atomic E-state index is 15.8. The molecule has 1 nitrogen and oxygen atoms in total. The first-order chi connectivity index (χ1) is 21.5. The van der Waals surface area contributed by atoms with Crippen molar-refractivity contribution in [3.63, 3.8) is 0 Å². The highest BCUT2D eigenvalue weighted by Gasteiger charge is 2.51. The summed E-state index contributed by atoms with van der Waals surface area (Å²) in [6.45, 7) is 6.38. The maximum absolute atomic E-state index is 15.8. The van der Waals surface area contributed by atoms with Gasteiger partial charge in [0.05, 0.1) is 0 Å². The lowest BCUT2D eigenvalue weighted by atomic mass is 9.12. The Morgan fingerprint density at radius 2 is 0.660 bits per heavy atom. The van der Waals surface area contributed by atoms with Gasteiger partial charge in [0.1, 0.15) is 46.9 Å². The van der Waals surface area contributed by atoms with Crippen LogP contribution in [0.4, 0.5) is 65.9 Å². The van der Waals surface area contributed by atoms with Crippen molar-refractivity contribution in [2.45, 2.75) is 65.0 Å². The number of allylic oxidation sites excluding steroid dienone is 1.